The van der Waals surface area contributed by atoms with E-state index in [9.17, 15) is 0 Å². The van der Waals surface area contributed by atoms with Crippen LogP contribution in [0.25, 0.3) is 0 Å². The number of ether oxygens (including phenoxy) is 2. The Labute approximate surface area is 120 Å². The van der Waals surface area contributed by atoms with E-state index in [4.69, 9.17) is 14.7 Å². The van der Waals surface area contributed by atoms with Crippen molar-refractivity contribution in [3.63, 3.8) is 0 Å². The second-order valence-electron chi connectivity index (χ2n) is 5.45. The first kappa shape index (κ1) is 14.7. The molecule has 0 aromatic heterocycles. The Kier molecular flexibility index (Phi) is 4.86. The molecule has 1 aromatic rings. The van der Waals surface area contributed by atoms with E-state index in [-0.39, 0.29) is 5.41 Å². The van der Waals surface area contributed by atoms with Gasteiger partial charge < -0.3 is 14.8 Å². The predicted molar refractivity (Wildman–Crippen MR) is 78.0 cm³/mol. The maximum Gasteiger partial charge on any atom is 0.160 e. The van der Waals surface area contributed by atoms with Crippen LogP contribution in [0.4, 0.5) is 0 Å². The lowest BCUT2D eigenvalue weighted by molar-refractivity contribution is 0.354. The van der Waals surface area contributed by atoms with Crippen molar-refractivity contribution in [2.24, 2.45) is 5.41 Å². The highest BCUT2D eigenvalue weighted by atomic mass is 16.5. The number of hydrogen-bond donors (Lipinski definition) is 1. The Balaban J connectivity index is 1.78. The molecule has 4 heteroatoms. The molecule has 4 nitrogen and oxygen atoms in total. The van der Waals surface area contributed by atoms with Crippen LogP contribution >= 0.6 is 0 Å². The third-order valence-corrected chi connectivity index (χ3v) is 3.95. The highest BCUT2D eigenvalue weighted by molar-refractivity contribution is 5.42. The Morgan fingerprint density at radius 1 is 1.25 bits per heavy atom. The third-order valence-electron chi connectivity index (χ3n) is 3.95. The quantitative estimate of drug-likeness (QED) is 0.740. The molecule has 0 aliphatic heterocycles. The number of rotatable bonds is 8. The van der Waals surface area contributed by atoms with Gasteiger partial charge in [-0.2, -0.15) is 5.26 Å². The third kappa shape index (κ3) is 3.64. The molecule has 20 heavy (non-hydrogen) atoms. The molecule has 0 unspecified atom stereocenters. The summed E-state index contributed by atoms with van der Waals surface area (Å²) < 4.78 is 10.5. The van der Waals surface area contributed by atoms with Crippen LogP contribution in [0.15, 0.2) is 18.2 Å². The number of benzene rings is 1. The zero-order valence-electron chi connectivity index (χ0n) is 12.2. The molecule has 1 saturated carbocycles. The molecule has 108 valence electrons. The van der Waals surface area contributed by atoms with Crippen LogP contribution in [-0.4, -0.2) is 27.3 Å². The van der Waals surface area contributed by atoms with Crippen molar-refractivity contribution < 1.29 is 9.47 Å². The summed E-state index contributed by atoms with van der Waals surface area (Å²) in [6, 6.07) is 8.30. The number of methoxy groups -OCH3 is 2. The first-order chi connectivity index (χ1) is 9.73. The molecule has 2 rings (SSSR count). The monoisotopic (exact) mass is 274 g/mol. The lowest BCUT2D eigenvalue weighted by Gasteiger charge is -2.13. The molecule has 0 heterocycles. The molecule has 0 radical (unpaired) electrons. The first-order valence-electron chi connectivity index (χ1n) is 7.01. The van der Waals surface area contributed by atoms with Crippen LogP contribution < -0.4 is 14.8 Å². The second-order valence-corrected chi connectivity index (χ2v) is 5.45. The van der Waals surface area contributed by atoms with E-state index in [0.29, 0.717) is 6.42 Å². The molecule has 0 bridgehead atoms. The fourth-order valence-electron chi connectivity index (χ4n) is 2.38. The van der Waals surface area contributed by atoms with Crippen molar-refractivity contribution >= 4 is 0 Å². The summed E-state index contributed by atoms with van der Waals surface area (Å²) in [4.78, 5) is 0. The van der Waals surface area contributed by atoms with Gasteiger partial charge >= 0.3 is 0 Å². The number of hydrogen-bond acceptors (Lipinski definition) is 4. The van der Waals surface area contributed by atoms with Gasteiger partial charge in [-0.25, -0.2) is 0 Å². The zero-order chi connectivity index (χ0) is 14.4. The lowest BCUT2D eigenvalue weighted by atomic mass is 10.0. The van der Waals surface area contributed by atoms with Gasteiger partial charge in [0.25, 0.3) is 0 Å². The Morgan fingerprint density at radius 2 is 2.00 bits per heavy atom. The van der Waals surface area contributed by atoms with Crippen LogP contribution in [0.5, 0.6) is 11.5 Å². The van der Waals surface area contributed by atoms with E-state index in [2.05, 4.69) is 17.5 Å². The maximum absolute atomic E-state index is 8.78. The fraction of sp³-hybridized carbons (Fsp3) is 0.562. The van der Waals surface area contributed by atoms with Crippen molar-refractivity contribution in [3.8, 4) is 17.6 Å². The van der Waals surface area contributed by atoms with Crippen LogP contribution in [0.3, 0.4) is 0 Å². The largest absolute Gasteiger partial charge is 0.493 e. The summed E-state index contributed by atoms with van der Waals surface area (Å²) in [5.41, 5.74) is 1.49. The van der Waals surface area contributed by atoms with Crippen molar-refractivity contribution in [1.82, 2.24) is 5.32 Å². The van der Waals surface area contributed by atoms with Crippen molar-refractivity contribution in [2.45, 2.75) is 25.7 Å². The normalized spacial score (nSPS) is 15.4. The highest BCUT2D eigenvalue weighted by Gasteiger charge is 2.41. The topological polar surface area (TPSA) is 54.3 Å². The van der Waals surface area contributed by atoms with E-state index in [1.807, 2.05) is 12.1 Å². The van der Waals surface area contributed by atoms with Gasteiger partial charge in [0, 0.05) is 13.0 Å². The van der Waals surface area contributed by atoms with Gasteiger partial charge in [-0.3, -0.25) is 0 Å². The van der Waals surface area contributed by atoms with Crippen LogP contribution in [0.1, 0.15) is 24.8 Å². The SMILES string of the molecule is COc1ccc(CCNCC2(CC#N)CC2)cc1OC. The van der Waals surface area contributed by atoms with Gasteiger partial charge in [0.15, 0.2) is 11.5 Å². The van der Waals surface area contributed by atoms with Gasteiger partial charge in [-0.15, -0.1) is 0 Å². The molecule has 1 fully saturated rings. The summed E-state index contributed by atoms with van der Waals surface area (Å²) in [6.45, 7) is 1.87. The highest BCUT2D eigenvalue weighted by Crippen LogP contribution is 2.47. The van der Waals surface area contributed by atoms with Gasteiger partial charge in [-0.1, -0.05) is 6.07 Å². The second kappa shape index (κ2) is 6.62. The summed E-state index contributed by atoms with van der Waals surface area (Å²) in [5, 5.41) is 12.2. The van der Waals surface area contributed by atoms with E-state index in [1.165, 1.54) is 18.4 Å². The maximum atomic E-state index is 8.78. The average molecular weight is 274 g/mol. The first-order valence-corrected chi connectivity index (χ1v) is 7.01. The van der Waals surface area contributed by atoms with Crippen LogP contribution in [0.2, 0.25) is 0 Å². The lowest BCUT2D eigenvalue weighted by Crippen LogP contribution is -2.25. The fourth-order valence-corrected chi connectivity index (χ4v) is 2.38. The van der Waals surface area contributed by atoms with E-state index in [0.717, 1.165) is 31.0 Å². The van der Waals surface area contributed by atoms with E-state index < -0.39 is 0 Å². The molecule has 1 N–H and O–H groups in total. The summed E-state index contributed by atoms with van der Waals surface area (Å²) >= 11 is 0. The van der Waals surface area contributed by atoms with Gasteiger partial charge in [0.1, 0.15) is 0 Å². The van der Waals surface area contributed by atoms with Crippen LogP contribution in [-0.2, 0) is 6.42 Å². The minimum atomic E-state index is 0.270. The molecule has 1 aliphatic carbocycles. The van der Waals surface area contributed by atoms with Crippen molar-refractivity contribution in [3.05, 3.63) is 23.8 Å². The smallest absolute Gasteiger partial charge is 0.160 e. The standard InChI is InChI=1S/C16H22N2O2/c1-19-14-4-3-13(11-15(14)20-2)5-10-18-12-16(6-7-16)8-9-17/h3-4,11,18H,5-8,10,12H2,1-2H3. The Hall–Kier alpha value is -1.73. The number of nitriles is 1. The summed E-state index contributed by atoms with van der Waals surface area (Å²) in [7, 11) is 3.29. The molecule has 0 spiro atoms. The van der Waals surface area contributed by atoms with E-state index >= 15 is 0 Å². The van der Waals surface area contributed by atoms with Crippen LogP contribution in [0, 0.1) is 16.7 Å². The van der Waals surface area contributed by atoms with Crippen molar-refractivity contribution in [1.29, 1.82) is 5.26 Å². The summed E-state index contributed by atoms with van der Waals surface area (Å²) in [5.74, 6) is 1.53. The van der Waals surface area contributed by atoms with E-state index in [1.54, 1.807) is 14.2 Å². The molecule has 1 aliphatic rings. The summed E-state index contributed by atoms with van der Waals surface area (Å²) in [6.07, 6.45) is 3.99. The minimum Gasteiger partial charge on any atom is -0.493 e. The number of nitrogens with zero attached hydrogens (tertiary/aromatic N) is 1. The van der Waals surface area contributed by atoms with Crippen molar-refractivity contribution in [2.75, 3.05) is 27.3 Å². The number of nitrogens with one attached hydrogen (secondary N) is 1. The van der Waals surface area contributed by atoms with Gasteiger partial charge in [0.2, 0.25) is 0 Å². The zero-order valence-corrected chi connectivity index (χ0v) is 12.2. The van der Waals surface area contributed by atoms with Gasteiger partial charge in [0.05, 0.1) is 20.3 Å². The Morgan fingerprint density at radius 3 is 2.60 bits per heavy atom. The minimum absolute atomic E-state index is 0.270. The van der Waals surface area contributed by atoms with Gasteiger partial charge in [-0.05, 0) is 48.9 Å². The molecular formula is C16H22N2O2. The predicted octanol–water partition coefficient (Wildman–Crippen LogP) is 2.53. The molecule has 0 atom stereocenters. The molecular weight excluding hydrogens is 252 g/mol. The average Bonchev–Trinajstić information content (AvgIpc) is 3.24. The molecule has 0 saturated heterocycles. The Bertz CT molecular complexity index is 490. The molecule has 0 amide bonds. The molecule has 1 aromatic carbocycles.